The Morgan fingerprint density at radius 1 is 1.25 bits per heavy atom. The number of nitrogens with zero attached hydrogens (tertiary/aromatic N) is 1. The predicted molar refractivity (Wildman–Crippen MR) is 76.5 cm³/mol. The lowest BCUT2D eigenvalue weighted by Gasteiger charge is -2.30. The van der Waals surface area contributed by atoms with E-state index in [-0.39, 0.29) is 17.9 Å². The van der Waals surface area contributed by atoms with Gasteiger partial charge in [0.2, 0.25) is 5.91 Å². The SMILES string of the molecule is COC(=O)N1CCC(C(=O)Nc2ccccc2C)CC1. The lowest BCUT2D eigenvalue weighted by molar-refractivity contribution is -0.121. The highest BCUT2D eigenvalue weighted by molar-refractivity contribution is 5.93. The van der Waals surface area contributed by atoms with Crippen LogP contribution in [-0.4, -0.2) is 37.1 Å². The number of methoxy groups -OCH3 is 1. The maximum absolute atomic E-state index is 12.2. The number of hydrogen-bond donors (Lipinski definition) is 1. The van der Waals surface area contributed by atoms with Crippen molar-refractivity contribution in [1.29, 1.82) is 0 Å². The molecule has 0 unspecified atom stereocenters. The molecule has 0 radical (unpaired) electrons. The second-order valence-electron chi connectivity index (χ2n) is 5.04. The minimum atomic E-state index is -0.317. The highest BCUT2D eigenvalue weighted by Crippen LogP contribution is 2.21. The summed E-state index contributed by atoms with van der Waals surface area (Å²) in [5, 5.41) is 2.96. The molecule has 2 amide bonds. The molecule has 108 valence electrons. The van der Waals surface area contributed by atoms with Crippen molar-refractivity contribution < 1.29 is 14.3 Å². The molecular formula is C15H20N2O3. The number of piperidine rings is 1. The van der Waals surface area contributed by atoms with Crippen molar-refractivity contribution in [3.8, 4) is 0 Å². The molecule has 5 nitrogen and oxygen atoms in total. The van der Waals surface area contributed by atoms with Crippen LogP contribution in [0.5, 0.6) is 0 Å². The molecule has 1 aromatic carbocycles. The number of benzene rings is 1. The molecule has 0 bridgehead atoms. The Morgan fingerprint density at radius 2 is 1.90 bits per heavy atom. The number of carbonyl (C=O) groups excluding carboxylic acids is 2. The van der Waals surface area contributed by atoms with Crippen LogP contribution in [0.1, 0.15) is 18.4 Å². The molecule has 0 saturated carbocycles. The minimum Gasteiger partial charge on any atom is -0.453 e. The highest BCUT2D eigenvalue weighted by atomic mass is 16.5. The van der Waals surface area contributed by atoms with Gasteiger partial charge < -0.3 is 15.0 Å². The van der Waals surface area contributed by atoms with Gasteiger partial charge in [-0.3, -0.25) is 4.79 Å². The van der Waals surface area contributed by atoms with Gasteiger partial charge in [0.15, 0.2) is 0 Å². The summed E-state index contributed by atoms with van der Waals surface area (Å²) < 4.78 is 4.68. The number of likely N-dealkylation sites (tertiary alicyclic amines) is 1. The molecule has 1 aliphatic rings. The first-order chi connectivity index (χ1) is 9.61. The third-order valence-corrected chi connectivity index (χ3v) is 3.70. The fourth-order valence-corrected chi connectivity index (χ4v) is 2.40. The number of carbonyl (C=O) groups is 2. The van der Waals surface area contributed by atoms with Gasteiger partial charge >= 0.3 is 6.09 Å². The van der Waals surface area contributed by atoms with E-state index in [0.717, 1.165) is 11.3 Å². The topological polar surface area (TPSA) is 58.6 Å². The van der Waals surface area contributed by atoms with Crippen molar-refractivity contribution in [2.75, 3.05) is 25.5 Å². The van der Waals surface area contributed by atoms with Crippen LogP contribution in [0.4, 0.5) is 10.5 Å². The average molecular weight is 276 g/mol. The van der Waals surface area contributed by atoms with Crippen molar-refractivity contribution in [3.05, 3.63) is 29.8 Å². The van der Waals surface area contributed by atoms with E-state index in [9.17, 15) is 9.59 Å². The van der Waals surface area contributed by atoms with Gasteiger partial charge in [-0.05, 0) is 31.4 Å². The number of rotatable bonds is 2. The Labute approximate surface area is 118 Å². The number of para-hydroxylation sites is 1. The Morgan fingerprint density at radius 3 is 2.50 bits per heavy atom. The van der Waals surface area contributed by atoms with Crippen LogP contribution in [0.2, 0.25) is 0 Å². The molecule has 5 heteroatoms. The second kappa shape index (κ2) is 6.41. The monoisotopic (exact) mass is 276 g/mol. The first-order valence-corrected chi connectivity index (χ1v) is 6.81. The smallest absolute Gasteiger partial charge is 0.409 e. The zero-order chi connectivity index (χ0) is 14.5. The van der Waals surface area contributed by atoms with Gasteiger partial charge in [-0.1, -0.05) is 18.2 Å². The van der Waals surface area contributed by atoms with E-state index in [0.29, 0.717) is 25.9 Å². The second-order valence-corrected chi connectivity index (χ2v) is 5.04. The van der Waals surface area contributed by atoms with Gasteiger partial charge in [0.1, 0.15) is 0 Å². The zero-order valence-corrected chi connectivity index (χ0v) is 11.9. The summed E-state index contributed by atoms with van der Waals surface area (Å²) in [6, 6.07) is 7.72. The quantitative estimate of drug-likeness (QED) is 0.902. The summed E-state index contributed by atoms with van der Waals surface area (Å²) in [6.45, 7) is 3.10. The summed E-state index contributed by atoms with van der Waals surface area (Å²) in [5.74, 6) is -0.0145. The van der Waals surface area contributed by atoms with Crippen LogP contribution < -0.4 is 5.32 Å². The molecule has 1 fully saturated rings. The lowest BCUT2D eigenvalue weighted by Crippen LogP contribution is -2.41. The molecule has 1 heterocycles. The molecule has 1 aliphatic heterocycles. The first-order valence-electron chi connectivity index (χ1n) is 6.81. The van der Waals surface area contributed by atoms with E-state index in [1.165, 1.54) is 7.11 Å². The predicted octanol–water partition coefficient (Wildman–Crippen LogP) is 2.41. The van der Waals surface area contributed by atoms with Gasteiger partial charge in [-0.2, -0.15) is 0 Å². The Hall–Kier alpha value is -2.04. The van der Waals surface area contributed by atoms with Crippen LogP contribution in [0.25, 0.3) is 0 Å². The summed E-state index contributed by atoms with van der Waals surface area (Å²) in [6.07, 6.45) is 1.03. The van der Waals surface area contributed by atoms with E-state index in [1.807, 2.05) is 31.2 Å². The molecule has 0 aliphatic carbocycles. The van der Waals surface area contributed by atoms with Crippen LogP contribution >= 0.6 is 0 Å². The van der Waals surface area contributed by atoms with E-state index < -0.39 is 0 Å². The molecule has 1 N–H and O–H groups in total. The average Bonchev–Trinajstić information content (AvgIpc) is 2.49. The van der Waals surface area contributed by atoms with Crippen molar-refractivity contribution in [2.45, 2.75) is 19.8 Å². The molecule has 0 spiro atoms. The van der Waals surface area contributed by atoms with Crippen molar-refractivity contribution in [2.24, 2.45) is 5.92 Å². The molecular weight excluding hydrogens is 256 g/mol. The van der Waals surface area contributed by atoms with E-state index in [4.69, 9.17) is 0 Å². The van der Waals surface area contributed by atoms with Gasteiger partial charge in [-0.25, -0.2) is 4.79 Å². The molecule has 0 aromatic heterocycles. The van der Waals surface area contributed by atoms with Gasteiger partial charge in [-0.15, -0.1) is 0 Å². The number of ether oxygens (including phenoxy) is 1. The number of nitrogens with one attached hydrogen (secondary N) is 1. The highest BCUT2D eigenvalue weighted by Gasteiger charge is 2.27. The summed E-state index contributed by atoms with van der Waals surface area (Å²) in [7, 11) is 1.37. The number of anilines is 1. The third-order valence-electron chi connectivity index (χ3n) is 3.70. The van der Waals surface area contributed by atoms with Crippen molar-refractivity contribution in [3.63, 3.8) is 0 Å². The molecule has 20 heavy (non-hydrogen) atoms. The number of amides is 2. The van der Waals surface area contributed by atoms with Gasteiger partial charge in [0.05, 0.1) is 7.11 Å². The van der Waals surface area contributed by atoms with Crippen molar-refractivity contribution >= 4 is 17.7 Å². The van der Waals surface area contributed by atoms with E-state index in [2.05, 4.69) is 10.1 Å². The molecule has 2 rings (SSSR count). The Balaban J connectivity index is 1.89. The number of hydrogen-bond acceptors (Lipinski definition) is 3. The summed E-state index contributed by atoms with van der Waals surface area (Å²) in [4.78, 5) is 25.2. The van der Waals surface area contributed by atoms with Crippen molar-refractivity contribution in [1.82, 2.24) is 4.90 Å². The first kappa shape index (κ1) is 14.4. The van der Waals surface area contributed by atoms with E-state index in [1.54, 1.807) is 4.90 Å². The fraction of sp³-hybridized carbons (Fsp3) is 0.467. The zero-order valence-electron chi connectivity index (χ0n) is 11.9. The Kier molecular flexibility index (Phi) is 4.61. The van der Waals surface area contributed by atoms with Crippen LogP contribution in [0.15, 0.2) is 24.3 Å². The largest absolute Gasteiger partial charge is 0.453 e. The molecule has 1 saturated heterocycles. The van der Waals surface area contributed by atoms with Gasteiger partial charge in [0, 0.05) is 24.7 Å². The molecule has 1 aromatic rings. The maximum atomic E-state index is 12.2. The van der Waals surface area contributed by atoms with E-state index >= 15 is 0 Å². The standard InChI is InChI=1S/C15H20N2O3/c1-11-5-3-4-6-13(11)16-14(18)12-7-9-17(10-8-12)15(19)20-2/h3-6,12H,7-10H2,1-2H3,(H,16,18). The summed E-state index contributed by atoms with van der Waals surface area (Å²) >= 11 is 0. The summed E-state index contributed by atoms with van der Waals surface area (Å²) in [5.41, 5.74) is 1.90. The number of aryl methyl sites for hydroxylation is 1. The van der Waals surface area contributed by atoms with Crippen LogP contribution in [-0.2, 0) is 9.53 Å². The van der Waals surface area contributed by atoms with Crippen LogP contribution in [0, 0.1) is 12.8 Å². The van der Waals surface area contributed by atoms with Crippen LogP contribution in [0.3, 0.4) is 0 Å². The lowest BCUT2D eigenvalue weighted by atomic mass is 9.96. The molecule has 0 atom stereocenters. The maximum Gasteiger partial charge on any atom is 0.409 e. The van der Waals surface area contributed by atoms with Gasteiger partial charge in [0.25, 0.3) is 0 Å². The Bertz CT molecular complexity index is 494. The minimum absolute atomic E-state index is 0.0313. The third kappa shape index (κ3) is 3.29. The fourth-order valence-electron chi connectivity index (χ4n) is 2.40. The normalized spacial score (nSPS) is 15.8.